The molecule has 1 aliphatic rings. The highest BCUT2D eigenvalue weighted by molar-refractivity contribution is 8.04. The molecule has 1 amide bonds. The Labute approximate surface area is 153 Å². The van der Waals surface area contributed by atoms with Gasteiger partial charge in [0, 0.05) is 12.3 Å². The Morgan fingerprint density at radius 2 is 2.25 bits per heavy atom. The molecule has 2 rings (SSSR count). The second-order valence-electron chi connectivity index (χ2n) is 5.04. The van der Waals surface area contributed by atoms with Crippen LogP contribution in [0.1, 0.15) is 20.3 Å². The molecule has 0 unspecified atom stereocenters. The van der Waals surface area contributed by atoms with Crippen molar-refractivity contribution in [3.05, 3.63) is 11.1 Å². The average Bonchev–Trinajstić information content (AvgIpc) is 3.11. The van der Waals surface area contributed by atoms with Gasteiger partial charge in [-0.25, -0.2) is 4.79 Å². The van der Waals surface area contributed by atoms with Crippen LogP contribution in [-0.2, 0) is 14.3 Å². The smallest absolute Gasteiger partial charge is 0.333 e. The zero-order valence-electron chi connectivity index (χ0n) is 13.7. The Balaban J connectivity index is 1.78. The molecule has 0 spiro atoms. The van der Waals surface area contributed by atoms with Crippen LogP contribution in [0.2, 0.25) is 0 Å². The summed E-state index contributed by atoms with van der Waals surface area (Å²) in [6.45, 7) is 4.45. The van der Waals surface area contributed by atoms with Crippen molar-refractivity contribution in [2.45, 2.75) is 30.7 Å². The fourth-order valence-corrected chi connectivity index (χ4v) is 4.57. The lowest BCUT2D eigenvalue weighted by molar-refractivity contribution is -0.134. The molecule has 1 aromatic rings. The summed E-state index contributed by atoms with van der Waals surface area (Å²) in [6, 6.07) is 0. The van der Waals surface area contributed by atoms with Gasteiger partial charge in [0.05, 0.1) is 30.1 Å². The summed E-state index contributed by atoms with van der Waals surface area (Å²) in [6.07, 6.45) is 2.23. The number of thioether (sulfide) groups is 2. The molecule has 2 heterocycles. The number of carbonyl (C=O) groups excluding carboxylic acids is 2. The largest absolute Gasteiger partial charge is 0.466 e. The lowest BCUT2D eigenvalue weighted by Gasteiger charge is -2.16. The number of hydrogen-bond donors (Lipinski definition) is 0. The molecule has 0 atom stereocenters. The molecule has 0 aromatic carbocycles. The van der Waals surface area contributed by atoms with E-state index in [1.807, 2.05) is 13.8 Å². The van der Waals surface area contributed by atoms with Crippen molar-refractivity contribution in [3.63, 3.8) is 0 Å². The SMILES string of the molecule is COC(=O)/C=C1/SCC(=O)N1CCCSc1nnc(OC(C)C)s1. The summed E-state index contributed by atoms with van der Waals surface area (Å²) >= 11 is 4.36. The molecule has 1 saturated heterocycles. The minimum atomic E-state index is -0.446. The van der Waals surface area contributed by atoms with E-state index in [1.54, 1.807) is 16.7 Å². The van der Waals surface area contributed by atoms with Crippen molar-refractivity contribution < 1.29 is 19.1 Å². The summed E-state index contributed by atoms with van der Waals surface area (Å²) in [4.78, 5) is 24.9. The first-order chi connectivity index (χ1) is 11.5. The number of esters is 1. The molecule has 0 aliphatic carbocycles. The van der Waals surface area contributed by atoms with Crippen molar-refractivity contribution in [1.82, 2.24) is 15.1 Å². The number of ether oxygens (including phenoxy) is 2. The van der Waals surface area contributed by atoms with Crippen molar-refractivity contribution in [2.24, 2.45) is 0 Å². The monoisotopic (exact) mass is 389 g/mol. The van der Waals surface area contributed by atoms with E-state index < -0.39 is 5.97 Å². The van der Waals surface area contributed by atoms with E-state index in [4.69, 9.17) is 4.74 Å². The fourth-order valence-electron chi connectivity index (χ4n) is 1.82. The number of amides is 1. The predicted molar refractivity (Wildman–Crippen MR) is 95.3 cm³/mol. The summed E-state index contributed by atoms with van der Waals surface area (Å²) in [5.74, 6) is 0.736. The van der Waals surface area contributed by atoms with Gasteiger partial charge >= 0.3 is 5.97 Å². The summed E-state index contributed by atoms with van der Waals surface area (Å²) in [5.41, 5.74) is 0. The maximum absolute atomic E-state index is 11.9. The van der Waals surface area contributed by atoms with E-state index in [1.165, 1.54) is 36.3 Å². The Morgan fingerprint density at radius 3 is 2.96 bits per heavy atom. The maximum Gasteiger partial charge on any atom is 0.333 e. The fraction of sp³-hybridized carbons (Fsp3) is 0.571. The number of nitrogens with zero attached hydrogens (tertiary/aromatic N) is 3. The van der Waals surface area contributed by atoms with Gasteiger partial charge in [0.15, 0.2) is 4.34 Å². The molecule has 0 N–H and O–H groups in total. The van der Waals surface area contributed by atoms with Gasteiger partial charge in [-0.2, -0.15) is 0 Å². The second kappa shape index (κ2) is 9.28. The van der Waals surface area contributed by atoms with Crippen LogP contribution >= 0.6 is 34.9 Å². The van der Waals surface area contributed by atoms with Crippen molar-refractivity contribution >= 4 is 46.7 Å². The highest BCUT2D eigenvalue weighted by atomic mass is 32.2. The topological polar surface area (TPSA) is 81.6 Å². The van der Waals surface area contributed by atoms with E-state index in [2.05, 4.69) is 14.9 Å². The molecule has 132 valence electrons. The average molecular weight is 390 g/mol. The van der Waals surface area contributed by atoms with Crippen molar-refractivity contribution in [1.29, 1.82) is 0 Å². The molecule has 1 aliphatic heterocycles. The van der Waals surface area contributed by atoms with Gasteiger partial charge < -0.3 is 14.4 Å². The Hall–Kier alpha value is -1.26. The predicted octanol–water partition coefficient (Wildman–Crippen LogP) is 2.40. The van der Waals surface area contributed by atoms with Gasteiger partial charge in [0.1, 0.15) is 0 Å². The quantitative estimate of drug-likeness (QED) is 0.290. The van der Waals surface area contributed by atoms with Crippen LogP contribution in [0.3, 0.4) is 0 Å². The van der Waals surface area contributed by atoms with Crippen LogP contribution in [0.4, 0.5) is 0 Å². The highest BCUT2D eigenvalue weighted by Gasteiger charge is 2.26. The van der Waals surface area contributed by atoms with Crippen LogP contribution in [0.25, 0.3) is 0 Å². The Kier molecular flexibility index (Phi) is 7.38. The van der Waals surface area contributed by atoms with Crippen LogP contribution in [0, 0.1) is 0 Å². The van der Waals surface area contributed by atoms with Crippen LogP contribution in [-0.4, -0.2) is 58.2 Å². The molecule has 24 heavy (non-hydrogen) atoms. The third kappa shape index (κ3) is 5.67. The molecule has 0 radical (unpaired) electrons. The summed E-state index contributed by atoms with van der Waals surface area (Å²) < 4.78 is 10.9. The number of hydrogen-bond acceptors (Lipinski definition) is 9. The minimum absolute atomic E-state index is 0.0173. The summed E-state index contributed by atoms with van der Waals surface area (Å²) in [5, 5.41) is 9.27. The third-order valence-corrected chi connectivity index (χ3v) is 5.89. The van der Waals surface area contributed by atoms with E-state index in [0.717, 1.165) is 16.5 Å². The van der Waals surface area contributed by atoms with Crippen LogP contribution < -0.4 is 4.74 Å². The molecular weight excluding hydrogens is 370 g/mol. The third-order valence-electron chi connectivity index (χ3n) is 2.83. The number of rotatable bonds is 8. The zero-order chi connectivity index (χ0) is 17.5. The molecule has 1 fully saturated rings. The van der Waals surface area contributed by atoms with Crippen LogP contribution in [0.5, 0.6) is 5.19 Å². The number of aromatic nitrogens is 2. The first-order valence-electron chi connectivity index (χ1n) is 7.35. The van der Waals surface area contributed by atoms with Gasteiger partial charge in [0.25, 0.3) is 5.19 Å². The molecule has 0 bridgehead atoms. The first kappa shape index (κ1) is 19.1. The van der Waals surface area contributed by atoms with E-state index in [-0.39, 0.29) is 12.0 Å². The molecule has 10 heteroatoms. The van der Waals surface area contributed by atoms with E-state index in [0.29, 0.717) is 22.5 Å². The lowest BCUT2D eigenvalue weighted by atomic mass is 10.4. The zero-order valence-corrected chi connectivity index (χ0v) is 16.1. The Bertz CT molecular complexity index is 618. The highest BCUT2D eigenvalue weighted by Crippen LogP contribution is 2.31. The molecule has 7 nitrogen and oxygen atoms in total. The van der Waals surface area contributed by atoms with Gasteiger partial charge in [-0.15, -0.1) is 5.10 Å². The van der Waals surface area contributed by atoms with Gasteiger partial charge in [0.2, 0.25) is 5.91 Å². The summed E-state index contributed by atoms with van der Waals surface area (Å²) in [7, 11) is 1.32. The van der Waals surface area contributed by atoms with Crippen LogP contribution in [0.15, 0.2) is 15.4 Å². The second-order valence-corrected chi connectivity index (χ2v) is 8.32. The van der Waals surface area contributed by atoms with Crippen molar-refractivity contribution in [2.75, 3.05) is 25.2 Å². The number of carbonyl (C=O) groups is 2. The normalized spacial score (nSPS) is 16.2. The lowest BCUT2D eigenvalue weighted by Crippen LogP contribution is -2.26. The van der Waals surface area contributed by atoms with Crippen molar-refractivity contribution in [3.8, 4) is 5.19 Å². The van der Waals surface area contributed by atoms with Gasteiger partial charge in [-0.1, -0.05) is 28.6 Å². The van der Waals surface area contributed by atoms with E-state index in [9.17, 15) is 9.59 Å². The first-order valence-corrected chi connectivity index (χ1v) is 10.1. The van der Waals surface area contributed by atoms with Gasteiger partial charge in [-0.05, 0) is 31.6 Å². The maximum atomic E-state index is 11.9. The number of methoxy groups -OCH3 is 1. The molecule has 0 saturated carbocycles. The Morgan fingerprint density at radius 1 is 1.46 bits per heavy atom. The standard InChI is InChI=1S/C14H19N3O4S3/c1-9(2)21-13-15-16-14(24-13)22-6-4-5-17-10(18)8-23-11(17)7-12(19)20-3/h7,9H,4-6,8H2,1-3H3/b11-7+. The molecular formula is C14H19N3O4S3. The van der Waals surface area contributed by atoms with E-state index >= 15 is 0 Å². The minimum Gasteiger partial charge on any atom is -0.466 e. The molecule has 1 aromatic heterocycles. The van der Waals surface area contributed by atoms with Gasteiger partial charge in [-0.3, -0.25) is 4.79 Å².